The molecule has 0 aliphatic carbocycles. The van der Waals surface area contributed by atoms with Gasteiger partial charge in [-0.25, -0.2) is 4.98 Å². The van der Waals surface area contributed by atoms with Crippen molar-refractivity contribution in [3.05, 3.63) is 51.9 Å². The first kappa shape index (κ1) is 21.2. The molecule has 2 aromatic heterocycles. The van der Waals surface area contributed by atoms with Crippen molar-refractivity contribution in [2.24, 2.45) is 0 Å². The SMILES string of the molecule is CCCCn1c(SCC(=O)Nc2ccc(C(C)C)cc2)nc2cc(C)[nH]c2c1=O. The Kier molecular flexibility index (Phi) is 6.79. The minimum absolute atomic E-state index is 0.0799. The number of nitrogens with one attached hydrogen (secondary N) is 2. The van der Waals surface area contributed by atoms with E-state index in [0.29, 0.717) is 28.7 Å². The monoisotopic (exact) mass is 412 g/mol. The van der Waals surface area contributed by atoms with Crippen LogP contribution in [0.15, 0.2) is 40.3 Å². The summed E-state index contributed by atoms with van der Waals surface area (Å²) in [4.78, 5) is 33.0. The number of aromatic nitrogens is 3. The van der Waals surface area contributed by atoms with Crippen molar-refractivity contribution in [1.82, 2.24) is 14.5 Å². The van der Waals surface area contributed by atoms with Crippen LogP contribution in [0, 0.1) is 6.92 Å². The number of rotatable bonds is 8. The average molecular weight is 413 g/mol. The minimum atomic E-state index is -0.117. The van der Waals surface area contributed by atoms with E-state index >= 15 is 0 Å². The van der Waals surface area contributed by atoms with Crippen LogP contribution in [0.3, 0.4) is 0 Å². The van der Waals surface area contributed by atoms with E-state index in [4.69, 9.17) is 0 Å². The molecular formula is C22H28N4O2S. The average Bonchev–Trinajstić information content (AvgIpc) is 3.07. The number of carbonyl (C=O) groups excluding carboxylic acids is 1. The second-order valence-electron chi connectivity index (χ2n) is 7.53. The molecule has 0 unspecified atom stereocenters. The number of thioether (sulfide) groups is 1. The second kappa shape index (κ2) is 9.31. The van der Waals surface area contributed by atoms with Gasteiger partial charge in [0, 0.05) is 17.9 Å². The number of carbonyl (C=O) groups is 1. The molecule has 0 radical (unpaired) electrons. The molecule has 29 heavy (non-hydrogen) atoms. The molecule has 1 aromatic carbocycles. The second-order valence-corrected chi connectivity index (χ2v) is 8.47. The summed E-state index contributed by atoms with van der Waals surface area (Å²) in [5.74, 6) is 0.529. The molecule has 3 rings (SSSR count). The first-order chi connectivity index (χ1) is 13.9. The van der Waals surface area contributed by atoms with Gasteiger partial charge in [-0.2, -0.15) is 0 Å². The number of amides is 1. The molecule has 0 aliphatic rings. The predicted molar refractivity (Wildman–Crippen MR) is 120 cm³/mol. The normalized spacial score (nSPS) is 11.3. The number of fused-ring (bicyclic) bond motifs is 1. The number of anilines is 1. The maximum absolute atomic E-state index is 12.9. The Bertz CT molecular complexity index is 1050. The third-order valence-corrected chi connectivity index (χ3v) is 5.74. The predicted octanol–water partition coefficient (Wildman–Crippen LogP) is 4.69. The lowest BCUT2D eigenvalue weighted by molar-refractivity contribution is -0.113. The van der Waals surface area contributed by atoms with Gasteiger partial charge in [0.15, 0.2) is 5.16 Å². The van der Waals surface area contributed by atoms with Crippen molar-refractivity contribution < 1.29 is 4.79 Å². The van der Waals surface area contributed by atoms with Gasteiger partial charge < -0.3 is 10.3 Å². The number of hydrogen-bond acceptors (Lipinski definition) is 4. The van der Waals surface area contributed by atoms with Gasteiger partial charge in [-0.15, -0.1) is 0 Å². The molecule has 1 amide bonds. The Morgan fingerprint density at radius 1 is 1.28 bits per heavy atom. The van der Waals surface area contributed by atoms with Crippen LogP contribution in [0.25, 0.3) is 11.0 Å². The van der Waals surface area contributed by atoms with Crippen molar-refractivity contribution in [2.45, 2.75) is 58.2 Å². The number of aromatic amines is 1. The Morgan fingerprint density at radius 2 is 2.00 bits per heavy atom. The molecule has 154 valence electrons. The molecule has 0 bridgehead atoms. The van der Waals surface area contributed by atoms with Gasteiger partial charge in [0.2, 0.25) is 5.91 Å². The Balaban J connectivity index is 1.74. The fourth-order valence-electron chi connectivity index (χ4n) is 3.11. The van der Waals surface area contributed by atoms with E-state index in [1.807, 2.05) is 37.3 Å². The molecule has 0 atom stereocenters. The smallest absolute Gasteiger partial charge is 0.278 e. The third kappa shape index (κ3) is 5.09. The summed E-state index contributed by atoms with van der Waals surface area (Å²) < 4.78 is 1.68. The number of hydrogen-bond donors (Lipinski definition) is 2. The fraction of sp³-hybridized carbons (Fsp3) is 0.409. The van der Waals surface area contributed by atoms with Crippen LogP contribution in [0.5, 0.6) is 0 Å². The molecule has 7 heteroatoms. The fourth-order valence-corrected chi connectivity index (χ4v) is 3.94. The largest absolute Gasteiger partial charge is 0.353 e. The first-order valence-corrected chi connectivity index (χ1v) is 11.0. The summed E-state index contributed by atoms with van der Waals surface area (Å²) in [7, 11) is 0. The molecule has 3 aromatic rings. The minimum Gasteiger partial charge on any atom is -0.353 e. The third-order valence-electron chi connectivity index (χ3n) is 4.77. The van der Waals surface area contributed by atoms with Crippen LogP contribution in [-0.2, 0) is 11.3 Å². The molecule has 2 N–H and O–H groups in total. The number of H-pyrrole nitrogens is 1. The number of nitrogens with zero attached hydrogens (tertiary/aromatic N) is 2. The lowest BCUT2D eigenvalue weighted by Crippen LogP contribution is -2.24. The van der Waals surface area contributed by atoms with Crippen molar-refractivity contribution >= 4 is 34.4 Å². The van der Waals surface area contributed by atoms with E-state index in [2.05, 4.69) is 36.1 Å². The van der Waals surface area contributed by atoms with Crippen molar-refractivity contribution in [3.8, 4) is 0 Å². The molecule has 0 spiro atoms. The zero-order valence-corrected chi connectivity index (χ0v) is 18.2. The number of aryl methyl sites for hydroxylation is 1. The van der Waals surface area contributed by atoms with Gasteiger partial charge in [0.25, 0.3) is 5.56 Å². The van der Waals surface area contributed by atoms with Gasteiger partial charge in [-0.05, 0) is 43.0 Å². The van der Waals surface area contributed by atoms with Crippen LogP contribution in [0.4, 0.5) is 5.69 Å². The number of benzene rings is 1. The van der Waals surface area contributed by atoms with Crippen LogP contribution in [0.2, 0.25) is 0 Å². The highest BCUT2D eigenvalue weighted by Crippen LogP contribution is 2.20. The quantitative estimate of drug-likeness (QED) is 0.416. The Labute approximate surface area is 175 Å². The van der Waals surface area contributed by atoms with Crippen molar-refractivity contribution in [2.75, 3.05) is 11.1 Å². The molecule has 0 saturated carbocycles. The molecule has 0 fully saturated rings. The van der Waals surface area contributed by atoms with E-state index in [1.54, 1.807) is 4.57 Å². The van der Waals surface area contributed by atoms with Gasteiger partial charge in [0.1, 0.15) is 5.52 Å². The van der Waals surface area contributed by atoms with E-state index in [1.165, 1.54) is 17.3 Å². The van der Waals surface area contributed by atoms with Crippen LogP contribution >= 0.6 is 11.8 Å². The lowest BCUT2D eigenvalue weighted by Gasteiger charge is -2.12. The lowest BCUT2D eigenvalue weighted by atomic mass is 10.0. The summed E-state index contributed by atoms with van der Waals surface area (Å²) >= 11 is 1.30. The van der Waals surface area contributed by atoms with Gasteiger partial charge in [0.05, 0.1) is 11.3 Å². The highest BCUT2D eigenvalue weighted by atomic mass is 32.2. The van der Waals surface area contributed by atoms with Gasteiger partial charge in [-0.1, -0.05) is 51.1 Å². The van der Waals surface area contributed by atoms with Crippen LogP contribution in [-0.4, -0.2) is 26.2 Å². The van der Waals surface area contributed by atoms with Crippen LogP contribution < -0.4 is 10.9 Å². The van der Waals surface area contributed by atoms with Crippen LogP contribution in [0.1, 0.15) is 50.8 Å². The van der Waals surface area contributed by atoms with Crippen molar-refractivity contribution in [3.63, 3.8) is 0 Å². The van der Waals surface area contributed by atoms with Gasteiger partial charge in [-0.3, -0.25) is 14.2 Å². The zero-order chi connectivity index (χ0) is 21.0. The van der Waals surface area contributed by atoms with E-state index in [-0.39, 0.29) is 17.2 Å². The highest BCUT2D eigenvalue weighted by molar-refractivity contribution is 7.99. The summed E-state index contributed by atoms with van der Waals surface area (Å²) in [5.41, 5.74) is 4.00. The maximum Gasteiger partial charge on any atom is 0.278 e. The molecule has 2 heterocycles. The van der Waals surface area contributed by atoms with E-state index in [9.17, 15) is 9.59 Å². The molecule has 0 saturated heterocycles. The maximum atomic E-state index is 12.9. The van der Waals surface area contributed by atoms with Crippen molar-refractivity contribution in [1.29, 1.82) is 0 Å². The molecule has 6 nitrogen and oxygen atoms in total. The summed E-state index contributed by atoms with van der Waals surface area (Å²) in [6.45, 7) is 8.86. The topological polar surface area (TPSA) is 79.8 Å². The standard InChI is InChI=1S/C22H28N4O2S/c1-5-6-11-26-21(28)20-18(12-15(4)23-20)25-22(26)29-13-19(27)24-17-9-7-16(8-10-17)14(2)3/h7-10,12,14,23H,5-6,11,13H2,1-4H3,(H,24,27). The Hall–Kier alpha value is -2.54. The van der Waals surface area contributed by atoms with E-state index in [0.717, 1.165) is 24.2 Å². The summed E-state index contributed by atoms with van der Waals surface area (Å²) in [6.07, 6.45) is 1.86. The van der Waals surface area contributed by atoms with Gasteiger partial charge >= 0.3 is 0 Å². The number of unbranched alkanes of at least 4 members (excludes halogenated alkanes) is 1. The highest BCUT2D eigenvalue weighted by Gasteiger charge is 2.15. The Morgan fingerprint density at radius 3 is 2.66 bits per heavy atom. The molecule has 0 aliphatic heterocycles. The zero-order valence-electron chi connectivity index (χ0n) is 17.4. The summed E-state index contributed by atoms with van der Waals surface area (Å²) in [6, 6.07) is 9.75. The van der Waals surface area contributed by atoms with E-state index < -0.39 is 0 Å². The molecular weight excluding hydrogens is 384 g/mol. The summed E-state index contributed by atoms with van der Waals surface area (Å²) in [5, 5.41) is 3.50. The first-order valence-electron chi connectivity index (χ1n) is 10.0.